The summed E-state index contributed by atoms with van der Waals surface area (Å²) in [5, 5.41) is 7.07. The van der Waals surface area contributed by atoms with Crippen molar-refractivity contribution < 1.29 is 14.3 Å². The van der Waals surface area contributed by atoms with E-state index in [1.807, 2.05) is 18.2 Å². The molecule has 2 amide bonds. The average Bonchev–Trinajstić information content (AvgIpc) is 2.60. The Balaban J connectivity index is 1.74. The first-order valence-electron chi connectivity index (χ1n) is 7.58. The van der Waals surface area contributed by atoms with Crippen molar-refractivity contribution in [2.75, 3.05) is 12.4 Å². The molecule has 2 aromatic rings. The van der Waals surface area contributed by atoms with Gasteiger partial charge in [0, 0.05) is 23.6 Å². The summed E-state index contributed by atoms with van der Waals surface area (Å²) in [4.78, 5) is 23.5. The van der Waals surface area contributed by atoms with Crippen LogP contribution in [0.3, 0.4) is 0 Å². The van der Waals surface area contributed by atoms with E-state index in [1.165, 1.54) is 6.21 Å². The van der Waals surface area contributed by atoms with Crippen LogP contribution in [-0.2, 0) is 9.59 Å². The third kappa shape index (κ3) is 6.64. The van der Waals surface area contributed by atoms with Gasteiger partial charge in [0.25, 0.3) is 0 Å². The number of hydrogen-bond acceptors (Lipinski definition) is 4. The van der Waals surface area contributed by atoms with Gasteiger partial charge in [-0.3, -0.25) is 9.59 Å². The quantitative estimate of drug-likeness (QED) is 0.588. The Morgan fingerprint density at radius 2 is 1.88 bits per heavy atom. The Morgan fingerprint density at radius 1 is 1.12 bits per heavy atom. The van der Waals surface area contributed by atoms with Gasteiger partial charge in [0.05, 0.1) is 13.3 Å². The molecule has 0 atom stereocenters. The summed E-state index contributed by atoms with van der Waals surface area (Å²) in [6.45, 7) is 0. The molecular formula is C18H18ClN3O3. The first kappa shape index (κ1) is 18.5. The lowest BCUT2D eigenvalue weighted by molar-refractivity contribution is -0.124. The summed E-state index contributed by atoms with van der Waals surface area (Å²) < 4.78 is 5.10. The van der Waals surface area contributed by atoms with E-state index in [0.29, 0.717) is 16.5 Å². The molecule has 0 aliphatic rings. The van der Waals surface area contributed by atoms with Crippen LogP contribution in [0.5, 0.6) is 5.75 Å². The first-order chi connectivity index (χ1) is 12.1. The second-order valence-electron chi connectivity index (χ2n) is 5.13. The van der Waals surface area contributed by atoms with Gasteiger partial charge in [-0.1, -0.05) is 29.8 Å². The highest BCUT2D eigenvalue weighted by Crippen LogP contribution is 2.15. The molecule has 0 aromatic heterocycles. The van der Waals surface area contributed by atoms with Gasteiger partial charge in [-0.25, -0.2) is 5.43 Å². The fourth-order valence-corrected chi connectivity index (χ4v) is 2.16. The van der Waals surface area contributed by atoms with Gasteiger partial charge in [-0.05, 0) is 35.9 Å². The number of hydrazone groups is 1. The van der Waals surface area contributed by atoms with Gasteiger partial charge in [0.1, 0.15) is 5.75 Å². The van der Waals surface area contributed by atoms with E-state index in [9.17, 15) is 9.59 Å². The fourth-order valence-electron chi connectivity index (χ4n) is 1.97. The molecule has 25 heavy (non-hydrogen) atoms. The first-order valence-corrected chi connectivity index (χ1v) is 7.96. The molecule has 130 valence electrons. The van der Waals surface area contributed by atoms with Crippen molar-refractivity contribution in [1.82, 2.24) is 5.43 Å². The zero-order valence-electron chi connectivity index (χ0n) is 13.7. The summed E-state index contributed by atoms with van der Waals surface area (Å²) in [5.41, 5.74) is 3.77. The lowest BCUT2D eigenvalue weighted by atomic mass is 10.2. The van der Waals surface area contributed by atoms with Crippen molar-refractivity contribution in [1.29, 1.82) is 0 Å². The number of benzene rings is 2. The summed E-state index contributed by atoms with van der Waals surface area (Å²) >= 11 is 5.84. The standard InChI is InChI=1S/C18H18ClN3O3/c1-25-16-7-2-4-13(10-16)12-20-22-18(24)9-8-17(23)21-15-6-3-5-14(19)11-15/h2-7,10-12H,8-9H2,1H3,(H,21,23)(H,22,24)/b20-12+. The number of amides is 2. The molecule has 2 rings (SSSR count). The molecule has 0 fully saturated rings. The van der Waals surface area contributed by atoms with E-state index in [1.54, 1.807) is 37.4 Å². The smallest absolute Gasteiger partial charge is 0.240 e. The van der Waals surface area contributed by atoms with Crippen LogP contribution in [0.2, 0.25) is 5.02 Å². The van der Waals surface area contributed by atoms with E-state index in [4.69, 9.17) is 16.3 Å². The molecule has 0 heterocycles. The molecular weight excluding hydrogens is 342 g/mol. The van der Waals surface area contributed by atoms with Crippen LogP contribution < -0.4 is 15.5 Å². The molecule has 6 nitrogen and oxygen atoms in total. The van der Waals surface area contributed by atoms with Crippen LogP contribution in [0.25, 0.3) is 0 Å². The van der Waals surface area contributed by atoms with Crippen LogP contribution in [0, 0.1) is 0 Å². The minimum Gasteiger partial charge on any atom is -0.497 e. The SMILES string of the molecule is COc1cccc(/C=N/NC(=O)CCC(=O)Nc2cccc(Cl)c2)c1. The van der Waals surface area contributed by atoms with Gasteiger partial charge in [-0.15, -0.1) is 0 Å². The second-order valence-corrected chi connectivity index (χ2v) is 5.56. The number of ether oxygens (including phenoxy) is 1. The third-order valence-corrected chi connectivity index (χ3v) is 3.42. The molecule has 0 radical (unpaired) electrons. The van der Waals surface area contributed by atoms with E-state index in [-0.39, 0.29) is 24.7 Å². The zero-order chi connectivity index (χ0) is 18.1. The highest BCUT2D eigenvalue weighted by Gasteiger charge is 2.07. The number of halogens is 1. The minimum atomic E-state index is -0.347. The van der Waals surface area contributed by atoms with Crippen molar-refractivity contribution in [3.05, 3.63) is 59.1 Å². The van der Waals surface area contributed by atoms with Crippen LogP contribution in [-0.4, -0.2) is 25.1 Å². The fraction of sp³-hybridized carbons (Fsp3) is 0.167. The zero-order valence-corrected chi connectivity index (χ0v) is 14.4. The predicted molar refractivity (Wildman–Crippen MR) is 98.0 cm³/mol. The number of nitrogens with zero attached hydrogens (tertiary/aromatic N) is 1. The van der Waals surface area contributed by atoms with Crippen molar-refractivity contribution in [3.8, 4) is 5.75 Å². The summed E-state index contributed by atoms with van der Waals surface area (Å²) in [5.74, 6) is 0.0857. The second kappa shape index (κ2) is 9.44. The molecule has 0 bridgehead atoms. The number of hydrogen-bond donors (Lipinski definition) is 2. The van der Waals surface area contributed by atoms with Crippen LogP contribution in [0.4, 0.5) is 5.69 Å². The molecule has 2 aromatic carbocycles. The average molecular weight is 360 g/mol. The molecule has 2 N–H and O–H groups in total. The lowest BCUT2D eigenvalue weighted by Crippen LogP contribution is -2.20. The maximum atomic E-state index is 11.8. The van der Waals surface area contributed by atoms with Crippen molar-refractivity contribution >= 4 is 35.3 Å². The van der Waals surface area contributed by atoms with Crippen LogP contribution in [0.1, 0.15) is 18.4 Å². The van der Waals surface area contributed by atoms with Gasteiger partial charge >= 0.3 is 0 Å². The topological polar surface area (TPSA) is 79.8 Å². The summed E-state index contributed by atoms with van der Waals surface area (Å²) in [7, 11) is 1.58. The van der Waals surface area contributed by atoms with Crippen molar-refractivity contribution in [2.24, 2.45) is 5.10 Å². The molecule has 0 unspecified atom stereocenters. The Morgan fingerprint density at radius 3 is 2.64 bits per heavy atom. The number of methoxy groups -OCH3 is 1. The van der Waals surface area contributed by atoms with Crippen molar-refractivity contribution in [2.45, 2.75) is 12.8 Å². The molecule has 7 heteroatoms. The Kier molecular flexibility index (Phi) is 6.98. The molecule has 0 spiro atoms. The van der Waals surface area contributed by atoms with E-state index >= 15 is 0 Å². The highest BCUT2D eigenvalue weighted by molar-refractivity contribution is 6.30. The third-order valence-electron chi connectivity index (χ3n) is 3.18. The summed E-state index contributed by atoms with van der Waals surface area (Å²) in [6.07, 6.45) is 1.58. The lowest BCUT2D eigenvalue weighted by Gasteiger charge is -2.05. The Bertz CT molecular complexity index is 778. The van der Waals surface area contributed by atoms with E-state index in [0.717, 1.165) is 5.56 Å². The number of anilines is 1. The molecule has 0 aliphatic heterocycles. The molecule has 0 aliphatic carbocycles. The maximum absolute atomic E-state index is 11.8. The number of rotatable bonds is 7. The van der Waals surface area contributed by atoms with Gasteiger partial charge in [-0.2, -0.15) is 5.10 Å². The minimum absolute atomic E-state index is 0.0296. The van der Waals surface area contributed by atoms with Crippen LogP contribution in [0.15, 0.2) is 53.6 Å². The largest absolute Gasteiger partial charge is 0.497 e. The maximum Gasteiger partial charge on any atom is 0.240 e. The van der Waals surface area contributed by atoms with Gasteiger partial charge in [0.15, 0.2) is 0 Å². The normalized spacial score (nSPS) is 10.5. The number of carbonyl (C=O) groups is 2. The molecule has 0 saturated heterocycles. The number of carbonyl (C=O) groups excluding carboxylic acids is 2. The monoisotopic (exact) mass is 359 g/mol. The molecule has 0 saturated carbocycles. The van der Waals surface area contributed by atoms with Crippen LogP contribution >= 0.6 is 11.6 Å². The summed E-state index contributed by atoms with van der Waals surface area (Å²) in [6, 6.07) is 14.1. The van der Waals surface area contributed by atoms with Gasteiger partial charge in [0.2, 0.25) is 11.8 Å². The number of nitrogens with one attached hydrogen (secondary N) is 2. The van der Waals surface area contributed by atoms with Crippen molar-refractivity contribution in [3.63, 3.8) is 0 Å². The van der Waals surface area contributed by atoms with E-state index < -0.39 is 0 Å². The highest BCUT2D eigenvalue weighted by atomic mass is 35.5. The Labute approximate surface area is 150 Å². The van der Waals surface area contributed by atoms with Gasteiger partial charge < -0.3 is 10.1 Å². The predicted octanol–water partition coefficient (Wildman–Crippen LogP) is 3.22. The Hall–Kier alpha value is -2.86. The van der Waals surface area contributed by atoms with E-state index in [2.05, 4.69) is 15.8 Å².